The lowest BCUT2D eigenvalue weighted by atomic mass is 10.0. The van der Waals surface area contributed by atoms with E-state index in [1.54, 1.807) is 12.0 Å². The molecule has 2 aliphatic rings. The number of aliphatic carboxylic acids is 1. The molecule has 0 aromatic carbocycles. The first-order valence-corrected chi connectivity index (χ1v) is 19.5. The van der Waals surface area contributed by atoms with Crippen LogP contribution < -0.4 is 15.0 Å². The van der Waals surface area contributed by atoms with Gasteiger partial charge in [0.15, 0.2) is 16.7 Å². The predicted molar refractivity (Wildman–Crippen MR) is 169 cm³/mol. The first-order valence-electron chi connectivity index (χ1n) is 12.9. The number of carbonyl (C=O) groups is 3. The molecule has 0 radical (unpaired) electrons. The van der Waals surface area contributed by atoms with E-state index in [4.69, 9.17) is 14.6 Å². The summed E-state index contributed by atoms with van der Waals surface area (Å²) < 4.78 is 33.0. The fourth-order valence-corrected chi connectivity index (χ4v) is 10.1. The topological polar surface area (TPSA) is 267 Å². The lowest BCUT2D eigenvalue weighted by molar-refractivity contribution is -0.671. The van der Waals surface area contributed by atoms with Crippen molar-refractivity contribution in [3.8, 4) is 11.3 Å². The van der Waals surface area contributed by atoms with Gasteiger partial charge in [-0.2, -0.15) is 13.7 Å². The summed E-state index contributed by atoms with van der Waals surface area (Å²) in [4.78, 5) is 81.0. The maximum atomic E-state index is 13.2. The molecule has 2 amide bonds. The fourth-order valence-electron chi connectivity index (χ4n) is 4.06. The third kappa shape index (κ3) is 8.26. The molecular weight excluding hydrogens is 743 g/mol. The van der Waals surface area contributed by atoms with Crippen molar-refractivity contribution in [2.45, 2.75) is 22.7 Å². The summed E-state index contributed by atoms with van der Waals surface area (Å²) in [5.41, 5.74) is 0.859. The molecule has 1 saturated heterocycles. The average molecular weight is 766 g/mol. The summed E-state index contributed by atoms with van der Waals surface area (Å²) >= 11 is 4.15. The number of carboxylic acids is 1. The molecule has 3 aromatic rings. The molecule has 6 N–H and O–H groups in total. The van der Waals surface area contributed by atoms with E-state index in [0.717, 1.165) is 27.9 Å². The highest BCUT2D eigenvalue weighted by Crippen LogP contribution is 2.56. The number of carboxylic acid groups (broad SMARTS) is 1. The highest BCUT2D eigenvalue weighted by molar-refractivity contribution is 8.07. The number of pyridine rings is 1. The first-order chi connectivity index (χ1) is 22.2. The van der Waals surface area contributed by atoms with Crippen LogP contribution in [0.15, 0.2) is 50.0 Å². The Bertz CT molecular complexity index is 1880. The number of phosphoric acid groups is 1. The monoisotopic (exact) mass is 765 g/mol. The average Bonchev–Trinajstić information content (AvgIpc) is 3.64. The number of aryl methyl sites for hydroxylation is 1. The minimum atomic E-state index is -5.35. The summed E-state index contributed by atoms with van der Waals surface area (Å²) in [6.07, 6.45) is 3.76. The van der Waals surface area contributed by atoms with Gasteiger partial charge in [0.05, 0.1) is 5.69 Å². The molecule has 250 valence electrons. The van der Waals surface area contributed by atoms with Crippen molar-refractivity contribution in [2.24, 2.45) is 12.2 Å². The molecule has 25 heteroatoms. The van der Waals surface area contributed by atoms with E-state index in [2.05, 4.69) is 29.1 Å². The Kier molecular flexibility index (Phi) is 10.5. The van der Waals surface area contributed by atoms with E-state index in [0.29, 0.717) is 20.8 Å². The van der Waals surface area contributed by atoms with E-state index < -0.39 is 61.4 Å². The molecule has 19 nitrogen and oxygen atoms in total. The van der Waals surface area contributed by atoms with Crippen LogP contribution in [-0.4, -0.2) is 86.3 Å². The third-order valence-electron chi connectivity index (χ3n) is 5.98. The molecule has 0 saturated carbocycles. The molecule has 5 rings (SSSR count). The number of hydrogen-bond acceptors (Lipinski definition) is 15. The number of amides is 2. The van der Waals surface area contributed by atoms with Gasteiger partial charge in [0, 0.05) is 45.3 Å². The number of β-lactam (4-membered cyclic amide) rings is 1. The summed E-state index contributed by atoms with van der Waals surface area (Å²) in [6.45, 7) is 1.58. The second kappa shape index (κ2) is 14.1. The number of nitrogens with one attached hydrogen (secondary N) is 2. The molecule has 0 aliphatic carbocycles. The van der Waals surface area contributed by atoms with Crippen LogP contribution in [0, 0.1) is 0 Å². The van der Waals surface area contributed by atoms with Crippen LogP contribution in [0.4, 0.5) is 5.13 Å². The number of carbonyl (C=O) groups excluding carboxylic acids is 2. The first kappa shape index (κ1) is 35.1. The summed E-state index contributed by atoms with van der Waals surface area (Å²) in [5.74, 6) is -3.20. The molecule has 2 aliphatic heterocycles. The second-order valence-corrected chi connectivity index (χ2v) is 16.2. The quantitative estimate of drug-likeness (QED) is 0.0471. The molecule has 0 spiro atoms. The van der Waals surface area contributed by atoms with Gasteiger partial charge in [-0.25, -0.2) is 23.5 Å². The van der Waals surface area contributed by atoms with Gasteiger partial charge in [-0.15, -0.1) is 23.1 Å². The standard InChI is InChI=1S/C22H22N8O11P2S4/c1-3-40-26-13(16-25-21(47-28-16)27-42(35,36)41-43(37,38)39)17(31)24-14-18(32)30-15(20(33)34)12(9-44-19(14)30)46-22-23-11(8-45-22)10-4-6-29(2)7-5-10/h4-8,14,19H,3,9H2,1-2H3,(H5-,24,25,27,28,31,33,34,35,36,37,38,39)/p+1/t14-,19-/m1/s1. The summed E-state index contributed by atoms with van der Waals surface area (Å²) in [5, 5.41) is 18.6. The Labute approximate surface area is 281 Å². The highest BCUT2D eigenvalue weighted by atomic mass is 32.2. The normalized spacial score (nSPS) is 19.5. The predicted octanol–water partition coefficient (Wildman–Crippen LogP) is 1.34. The van der Waals surface area contributed by atoms with Gasteiger partial charge < -0.3 is 29.9 Å². The van der Waals surface area contributed by atoms with Crippen molar-refractivity contribution >= 4 is 90.6 Å². The number of fused-ring (bicyclic) bond motifs is 1. The minimum absolute atomic E-state index is 0.0144. The van der Waals surface area contributed by atoms with Crippen LogP contribution in [-0.2, 0) is 39.7 Å². The Morgan fingerprint density at radius 1 is 1.23 bits per heavy atom. The number of nitrogens with zero attached hydrogens (tertiary/aromatic N) is 6. The molecule has 47 heavy (non-hydrogen) atoms. The number of aromatic nitrogens is 4. The Morgan fingerprint density at radius 3 is 2.62 bits per heavy atom. The highest BCUT2D eigenvalue weighted by Gasteiger charge is 2.54. The van der Waals surface area contributed by atoms with E-state index in [9.17, 15) is 33.5 Å². The van der Waals surface area contributed by atoms with Gasteiger partial charge in [-0.3, -0.25) is 19.6 Å². The Balaban J connectivity index is 1.30. The summed E-state index contributed by atoms with van der Waals surface area (Å²) in [7, 11) is -8.54. The van der Waals surface area contributed by atoms with Gasteiger partial charge in [-0.05, 0) is 6.92 Å². The van der Waals surface area contributed by atoms with E-state index in [-0.39, 0.29) is 18.1 Å². The molecule has 3 atom stereocenters. The fraction of sp³-hybridized carbons (Fsp3) is 0.273. The minimum Gasteiger partial charge on any atom is -0.477 e. The van der Waals surface area contributed by atoms with Gasteiger partial charge in [0.25, 0.3) is 11.8 Å². The number of thioether (sulfide) groups is 2. The lowest BCUT2D eigenvalue weighted by Crippen LogP contribution is -2.71. The van der Waals surface area contributed by atoms with Crippen LogP contribution in [0.1, 0.15) is 12.7 Å². The number of oxime groups is 1. The van der Waals surface area contributed by atoms with Crippen molar-refractivity contribution in [3.63, 3.8) is 0 Å². The number of thiazole rings is 1. The number of hydrogen-bond donors (Lipinski definition) is 6. The maximum Gasteiger partial charge on any atom is 0.478 e. The van der Waals surface area contributed by atoms with Crippen molar-refractivity contribution < 1.29 is 57.0 Å². The van der Waals surface area contributed by atoms with Crippen LogP contribution in [0.2, 0.25) is 0 Å². The lowest BCUT2D eigenvalue weighted by Gasteiger charge is -2.49. The smallest absolute Gasteiger partial charge is 0.477 e. The van der Waals surface area contributed by atoms with Crippen LogP contribution in [0.3, 0.4) is 0 Å². The van der Waals surface area contributed by atoms with Crippen LogP contribution >= 0.6 is 62.0 Å². The van der Waals surface area contributed by atoms with Crippen LogP contribution in [0.5, 0.6) is 0 Å². The van der Waals surface area contributed by atoms with Crippen molar-refractivity contribution in [1.82, 2.24) is 24.6 Å². The third-order valence-corrected chi connectivity index (χ3v) is 12.5. The van der Waals surface area contributed by atoms with E-state index in [1.807, 2.05) is 41.5 Å². The van der Waals surface area contributed by atoms with Crippen LogP contribution in [0.25, 0.3) is 11.3 Å². The Hall–Kier alpha value is -3.24. The SMILES string of the molecule is CCON=C(C(=O)N[C@@H]1C(=O)N2C(C(=O)O)=C(Sc3nc(-c4cc[n+](C)cc4)cs3)CS[C@H]12)c1nsc(NP(=O)(O)OP(=O)(O)O)n1. The van der Waals surface area contributed by atoms with Gasteiger partial charge in [0.1, 0.15) is 30.8 Å². The second-order valence-electron chi connectivity index (χ2n) is 9.28. The largest absolute Gasteiger partial charge is 0.478 e. The molecular formula is C22H23N8O11P2S4+. The number of anilines is 1. The van der Waals surface area contributed by atoms with Crippen molar-refractivity contribution in [1.29, 1.82) is 0 Å². The van der Waals surface area contributed by atoms with E-state index in [1.165, 1.54) is 23.1 Å². The zero-order valence-electron chi connectivity index (χ0n) is 23.8. The van der Waals surface area contributed by atoms with Crippen molar-refractivity contribution in [2.75, 3.05) is 17.4 Å². The van der Waals surface area contributed by atoms with Gasteiger partial charge >= 0.3 is 21.5 Å². The maximum absolute atomic E-state index is 13.2. The summed E-state index contributed by atoms with van der Waals surface area (Å²) in [6, 6.07) is 2.66. The van der Waals surface area contributed by atoms with Gasteiger partial charge in [-0.1, -0.05) is 16.9 Å². The number of rotatable bonds is 13. The molecule has 5 heterocycles. The molecule has 0 bridgehead atoms. The molecule has 3 aromatic heterocycles. The molecule has 1 fully saturated rings. The Morgan fingerprint density at radius 2 is 1.96 bits per heavy atom. The zero-order valence-corrected chi connectivity index (χ0v) is 28.9. The zero-order chi connectivity index (χ0) is 34.1. The molecule has 1 unspecified atom stereocenters. The van der Waals surface area contributed by atoms with Crippen molar-refractivity contribution in [3.05, 3.63) is 46.3 Å². The van der Waals surface area contributed by atoms with Gasteiger partial charge in [0.2, 0.25) is 16.7 Å². The van der Waals surface area contributed by atoms with E-state index >= 15 is 0 Å².